The monoisotopic (exact) mass is 465 g/mol. The van der Waals surface area contributed by atoms with Crippen molar-refractivity contribution in [1.82, 2.24) is 4.57 Å². The number of nitrogens with one attached hydrogen (secondary N) is 1. The summed E-state index contributed by atoms with van der Waals surface area (Å²) in [7, 11) is -1.80. The fourth-order valence-corrected chi connectivity index (χ4v) is 5.65. The summed E-state index contributed by atoms with van der Waals surface area (Å²) in [6.45, 7) is 5.97. The van der Waals surface area contributed by atoms with Crippen LogP contribution in [-0.4, -0.2) is 18.9 Å². The molecule has 0 aliphatic heterocycles. The number of amides is 1. The van der Waals surface area contributed by atoms with E-state index in [-0.39, 0.29) is 10.8 Å². The zero-order valence-corrected chi connectivity index (χ0v) is 19.8. The molecule has 0 spiro atoms. The predicted octanol–water partition coefficient (Wildman–Crippen LogP) is 4.71. The number of carbonyl (C=O) groups excluding carboxylic acids is 1. The maximum Gasteiger partial charge on any atom is 0.279 e. The number of rotatable bonds is 4. The first-order valence-electron chi connectivity index (χ1n) is 10.00. The third-order valence-electron chi connectivity index (χ3n) is 5.26. The number of sulfonamides is 1. The van der Waals surface area contributed by atoms with Gasteiger partial charge in [0.25, 0.3) is 15.9 Å². The molecule has 0 unspecified atom stereocenters. The summed E-state index contributed by atoms with van der Waals surface area (Å²) in [5.74, 6) is -0.379. The van der Waals surface area contributed by atoms with Gasteiger partial charge in [0, 0.05) is 18.3 Å². The van der Waals surface area contributed by atoms with E-state index in [1.807, 2.05) is 32.4 Å². The van der Waals surface area contributed by atoms with E-state index in [2.05, 4.69) is 21.8 Å². The van der Waals surface area contributed by atoms with E-state index in [1.165, 1.54) is 11.3 Å². The lowest BCUT2D eigenvalue weighted by Gasteiger charge is -2.08. The minimum absolute atomic E-state index is 0.182. The smallest absolute Gasteiger partial charge is 0.279 e. The number of fused-ring (bicyclic) bond motifs is 1. The molecule has 1 aromatic heterocycles. The van der Waals surface area contributed by atoms with Crippen molar-refractivity contribution in [2.45, 2.75) is 25.7 Å². The topological polar surface area (TPSA) is 80.5 Å². The molecule has 0 aliphatic rings. The summed E-state index contributed by atoms with van der Waals surface area (Å²) in [4.78, 5) is 17.9. The van der Waals surface area contributed by atoms with Crippen molar-refractivity contribution in [2.75, 3.05) is 4.72 Å². The summed E-state index contributed by atoms with van der Waals surface area (Å²) in [6, 6.07) is 17.0. The lowest BCUT2D eigenvalue weighted by molar-refractivity contribution is 0.0998. The van der Waals surface area contributed by atoms with Crippen molar-refractivity contribution in [3.63, 3.8) is 0 Å². The molecule has 0 fully saturated rings. The Morgan fingerprint density at radius 3 is 2.16 bits per heavy atom. The summed E-state index contributed by atoms with van der Waals surface area (Å²) < 4.78 is 30.7. The van der Waals surface area contributed by atoms with Gasteiger partial charge in [-0.15, -0.1) is 0 Å². The van der Waals surface area contributed by atoms with Crippen molar-refractivity contribution in [3.05, 3.63) is 87.7 Å². The first kappa shape index (κ1) is 22.0. The number of thiazole rings is 1. The van der Waals surface area contributed by atoms with Gasteiger partial charge >= 0.3 is 0 Å². The van der Waals surface area contributed by atoms with Crippen LogP contribution < -0.4 is 9.52 Å². The highest BCUT2D eigenvalue weighted by Gasteiger charge is 2.15. The van der Waals surface area contributed by atoms with Gasteiger partial charge in [0.1, 0.15) is 0 Å². The van der Waals surface area contributed by atoms with Crippen LogP contribution in [0.25, 0.3) is 10.2 Å². The van der Waals surface area contributed by atoms with E-state index in [0.717, 1.165) is 26.9 Å². The van der Waals surface area contributed by atoms with Gasteiger partial charge < -0.3 is 4.57 Å². The molecule has 6 nitrogen and oxygen atoms in total. The van der Waals surface area contributed by atoms with Crippen LogP contribution in [0.4, 0.5) is 5.69 Å². The highest BCUT2D eigenvalue weighted by Crippen LogP contribution is 2.24. The Bertz CT molecular complexity index is 1500. The number of hydrogen-bond acceptors (Lipinski definition) is 4. The molecule has 0 bridgehead atoms. The van der Waals surface area contributed by atoms with E-state index in [4.69, 9.17) is 0 Å². The Labute approximate surface area is 190 Å². The molecule has 0 radical (unpaired) electrons. The van der Waals surface area contributed by atoms with E-state index >= 15 is 0 Å². The third kappa shape index (κ3) is 4.24. The zero-order valence-electron chi connectivity index (χ0n) is 18.2. The lowest BCUT2D eigenvalue weighted by Crippen LogP contribution is -2.14. The minimum atomic E-state index is -3.70. The fraction of sp³-hybridized carbons (Fsp3) is 0.167. The second kappa shape index (κ2) is 8.37. The number of hydrogen-bond donors (Lipinski definition) is 1. The van der Waals surface area contributed by atoms with Gasteiger partial charge in [-0.25, -0.2) is 8.42 Å². The van der Waals surface area contributed by atoms with Crippen LogP contribution in [0.2, 0.25) is 0 Å². The molecule has 3 aromatic carbocycles. The standard InChI is InChI=1S/C24H23N3O3S2/c1-15-5-13-20(14-6-15)32(29,30)26-19-11-9-18(10-12-19)23(28)25-24-27(4)21-16(2)7-8-17(3)22(21)31-24/h5-14,26H,1-4H3. The maximum atomic E-state index is 12.8. The summed E-state index contributed by atoms with van der Waals surface area (Å²) >= 11 is 1.48. The van der Waals surface area contributed by atoms with Gasteiger partial charge in [-0.1, -0.05) is 41.2 Å². The maximum absolute atomic E-state index is 12.8. The molecule has 0 saturated carbocycles. The molecule has 0 atom stereocenters. The first-order valence-corrected chi connectivity index (χ1v) is 12.3. The lowest BCUT2D eigenvalue weighted by atomic mass is 10.1. The molecule has 1 N–H and O–H groups in total. The second-order valence-corrected chi connectivity index (χ2v) is 10.4. The van der Waals surface area contributed by atoms with E-state index in [0.29, 0.717) is 16.1 Å². The van der Waals surface area contributed by atoms with Crippen LogP contribution in [0.3, 0.4) is 0 Å². The molecule has 0 saturated heterocycles. The van der Waals surface area contributed by atoms with Gasteiger partial charge in [-0.05, 0) is 68.3 Å². The molecular formula is C24H23N3O3S2. The quantitative estimate of drug-likeness (QED) is 0.474. The Hall–Kier alpha value is -3.23. The number of benzene rings is 3. The van der Waals surface area contributed by atoms with Crippen molar-refractivity contribution in [2.24, 2.45) is 12.0 Å². The first-order chi connectivity index (χ1) is 15.2. The molecule has 4 rings (SSSR count). The molecule has 0 aliphatic carbocycles. The average Bonchev–Trinajstić information content (AvgIpc) is 3.08. The largest absolute Gasteiger partial charge is 0.319 e. The number of aromatic nitrogens is 1. The van der Waals surface area contributed by atoms with Crippen LogP contribution in [0.1, 0.15) is 27.0 Å². The Morgan fingerprint density at radius 1 is 0.906 bits per heavy atom. The van der Waals surface area contributed by atoms with E-state index in [1.54, 1.807) is 48.5 Å². The van der Waals surface area contributed by atoms with E-state index in [9.17, 15) is 13.2 Å². The fourth-order valence-electron chi connectivity index (χ4n) is 3.43. The van der Waals surface area contributed by atoms with Gasteiger partial charge in [0.05, 0.1) is 15.1 Å². The molecule has 4 aromatic rings. The Morgan fingerprint density at radius 2 is 1.53 bits per heavy atom. The number of carbonyl (C=O) groups is 1. The Kier molecular flexibility index (Phi) is 5.75. The normalized spacial score (nSPS) is 12.3. The predicted molar refractivity (Wildman–Crippen MR) is 129 cm³/mol. The minimum Gasteiger partial charge on any atom is -0.319 e. The van der Waals surface area contributed by atoms with Gasteiger partial charge in [-0.2, -0.15) is 4.99 Å². The number of anilines is 1. The van der Waals surface area contributed by atoms with Crippen molar-refractivity contribution < 1.29 is 13.2 Å². The molecule has 164 valence electrons. The van der Waals surface area contributed by atoms with Crippen molar-refractivity contribution in [3.8, 4) is 0 Å². The highest BCUT2D eigenvalue weighted by atomic mass is 32.2. The molecule has 1 amide bonds. The van der Waals surface area contributed by atoms with Crippen molar-refractivity contribution >= 4 is 43.2 Å². The summed E-state index contributed by atoms with van der Waals surface area (Å²) in [6.07, 6.45) is 0. The summed E-state index contributed by atoms with van der Waals surface area (Å²) in [5, 5.41) is 0. The molecule has 8 heteroatoms. The Balaban J connectivity index is 1.60. The summed E-state index contributed by atoms with van der Waals surface area (Å²) in [5.41, 5.74) is 5.08. The van der Waals surface area contributed by atoms with Gasteiger partial charge in [-0.3, -0.25) is 9.52 Å². The van der Waals surface area contributed by atoms with Crippen LogP contribution >= 0.6 is 11.3 Å². The second-order valence-electron chi connectivity index (χ2n) is 7.73. The van der Waals surface area contributed by atoms with E-state index < -0.39 is 10.0 Å². The van der Waals surface area contributed by atoms with Gasteiger partial charge in [0.15, 0.2) is 4.80 Å². The van der Waals surface area contributed by atoms with Crippen LogP contribution in [-0.2, 0) is 17.1 Å². The molecule has 1 heterocycles. The van der Waals surface area contributed by atoms with Crippen molar-refractivity contribution in [1.29, 1.82) is 0 Å². The molecular weight excluding hydrogens is 442 g/mol. The van der Waals surface area contributed by atoms with Gasteiger partial charge in [0.2, 0.25) is 0 Å². The molecule has 32 heavy (non-hydrogen) atoms. The zero-order chi connectivity index (χ0) is 23.0. The van der Waals surface area contributed by atoms with Crippen LogP contribution in [0.5, 0.6) is 0 Å². The average molecular weight is 466 g/mol. The number of nitrogens with zero attached hydrogens (tertiary/aromatic N) is 2. The third-order valence-corrected chi connectivity index (χ3v) is 7.92. The van der Waals surface area contributed by atoms with Crippen LogP contribution in [0.15, 0.2) is 70.6 Å². The highest BCUT2D eigenvalue weighted by molar-refractivity contribution is 7.92. The SMILES string of the molecule is Cc1ccc(S(=O)(=O)Nc2ccc(C(=O)N=c3sc4c(C)ccc(C)c4n3C)cc2)cc1. The number of aryl methyl sites for hydroxylation is 4. The van der Waals surface area contributed by atoms with Crippen LogP contribution in [0, 0.1) is 20.8 Å².